The van der Waals surface area contributed by atoms with E-state index < -0.39 is 5.97 Å². The predicted molar refractivity (Wildman–Crippen MR) is 97.3 cm³/mol. The first-order chi connectivity index (χ1) is 12.0. The number of quaternary nitrogens is 1. The fourth-order valence-electron chi connectivity index (χ4n) is 3.45. The fourth-order valence-corrected chi connectivity index (χ4v) is 3.63. The summed E-state index contributed by atoms with van der Waals surface area (Å²) in [6.45, 7) is 3.56. The number of H-pyrrole nitrogens is 1. The number of esters is 1. The number of hydrogen-bond acceptors (Lipinski definition) is 3. The molecule has 1 saturated heterocycles. The van der Waals surface area contributed by atoms with Crippen molar-refractivity contribution in [1.82, 2.24) is 4.98 Å². The molecule has 2 heterocycles. The van der Waals surface area contributed by atoms with E-state index in [0.29, 0.717) is 28.7 Å². The maximum absolute atomic E-state index is 12.6. The zero-order valence-corrected chi connectivity index (χ0v) is 15.2. The normalized spacial score (nSPS) is 20.4. The summed E-state index contributed by atoms with van der Waals surface area (Å²) in [5.41, 5.74) is 1.38. The highest BCUT2D eigenvalue weighted by Gasteiger charge is 2.26. The minimum Gasteiger partial charge on any atom is -0.464 e. The smallest absolute Gasteiger partial charge is 0.356 e. The molecule has 6 nitrogen and oxygen atoms in total. The van der Waals surface area contributed by atoms with Gasteiger partial charge in [-0.15, -0.1) is 0 Å². The number of nitrogens with one attached hydrogen (secondary N) is 3. The van der Waals surface area contributed by atoms with Crippen LogP contribution in [-0.2, 0) is 9.53 Å². The van der Waals surface area contributed by atoms with Crippen molar-refractivity contribution in [2.75, 3.05) is 25.5 Å². The molecule has 1 aromatic heterocycles. The van der Waals surface area contributed by atoms with E-state index in [2.05, 4.69) is 17.2 Å². The molecule has 25 heavy (non-hydrogen) atoms. The average molecular weight is 365 g/mol. The van der Waals surface area contributed by atoms with Crippen LogP contribution in [0, 0.1) is 0 Å². The second-order valence-electron chi connectivity index (χ2n) is 6.59. The molecule has 134 valence electrons. The third-order valence-corrected chi connectivity index (χ3v) is 5.12. The maximum atomic E-state index is 12.6. The predicted octanol–water partition coefficient (Wildman–Crippen LogP) is 2.00. The van der Waals surface area contributed by atoms with Crippen LogP contribution in [0.4, 0.5) is 5.69 Å². The Morgan fingerprint density at radius 1 is 1.40 bits per heavy atom. The van der Waals surface area contributed by atoms with Gasteiger partial charge in [-0.05, 0) is 44.4 Å². The summed E-state index contributed by atoms with van der Waals surface area (Å²) in [4.78, 5) is 28.9. The Labute approximate surface area is 151 Å². The lowest BCUT2D eigenvalue weighted by Gasteiger charge is -2.29. The second-order valence-corrected chi connectivity index (χ2v) is 7.02. The summed E-state index contributed by atoms with van der Waals surface area (Å²) < 4.78 is 4.83. The summed E-state index contributed by atoms with van der Waals surface area (Å²) in [6, 6.07) is 5.70. The lowest BCUT2D eigenvalue weighted by atomic mass is 10.0. The largest absolute Gasteiger partial charge is 0.464 e. The van der Waals surface area contributed by atoms with E-state index in [4.69, 9.17) is 16.3 Å². The van der Waals surface area contributed by atoms with Crippen molar-refractivity contribution < 1.29 is 19.2 Å². The minimum atomic E-state index is -0.527. The number of rotatable bonds is 4. The molecule has 0 bridgehead atoms. The van der Waals surface area contributed by atoms with Crippen LogP contribution in [0.25, 0.3) is 10.9 Å². The first-order valence-electron chi connectivity index (χ1n) is 8.53. The van der Waals surface area contributed by atoms with Gasteiger partial charge >= 0.3 is 5.97 Å². The van der Waals surface area contributed by atoms with Crippen molar-refractivity contribution in [1.29, 1.82) is 0 Å². The lowest BCUT2D eigenvalue weighted by molar-refractivity contribution is -0.920. The molecule has 2 aromatic rings. The number of halogens is 1. The number of fused-ring (bicyclic) bond motifs is 1. The summed E-state index contributed by atoms with van der Waals surface area (Å²) >= 11 is 6.08. The summed E-state index contributed by atoms with van der Waals surface area (Å²) in [5.74, 6) is -0.643. The van der Waals surface area contributed by atoms with E-state index in [1.165, 1.54) is 18.4 Å². The van der Waals surface area contributed by atoms with Gasteiger partial charge in [0.15, 0.2) is 6.54 Å². The molecule has 3 rings (SSSR count). The van der Waals surface area contributed by atoms with Crippen LogP contribution >= 0.6 is 11.6 Å². The summed E-state index contributed by atoms with van der Waals surface area (Å²) in [6.07, 6.45) is 3.50. The number of methoxy groups -OCH3 is 1. The SMILES string of the molecule is COC(=O)c1[nH]c2ccc(Cl)cc2c1NC(=O)C[NH+]1CCCCC1C. The molecule has 7 heteroatoms. The standard InChI is InChI=1S/C18H22ClN3O3/c1-11-5-3-4-8-22(11)10-15(23)21-16-13-9-12(19)6-7-14(13)20-17(16)18(24)25-2/h6-7,9,11,20H,3-5,8,10H2,1-2H3,(H,21,23)/p+1. The zero-order valence-electron chi connectivity index (χ0n) is 14.4. The monoisotopic (exact) mass is 364 g/mol. The number of aromatic nitrogens is 1. The number of benzene rings is 1. The lowest BCUT2D eigenvalue weighted by Crippen LogP contribution is -3.17. The second kappa shape index (κ2) is 7.45. The molecule has 1 fully saturated rings. The average Bonchev–Trinajstić information content (AvgIpc) is 2.94. The molecule has 1 aliphatic rings. The number of carbonyl (C=O) groups is 2. The highest BCUT2D eigenvalue weighted by Crippen LogP contribution is 2.30. The molecule has 0 saturated carbocycles. The Balaban J connectivity index is 1.87. The molecule has 0 radical (unpaired) electrons. The number of ether oxygens (including phenoxy) is 1. The molecule has 1 aliphatic heterocycles. The van der Waals surface area contributed by atoms with Gasteiger partial charge in [0.05, 0.1) is 25.4 Å². The molecule has 3 N–H and O–H groups in total. The van der Waals surface area contributed by atoms with Gasteiger partial charge in [-0.2, -0.15) is 0 Å². The molecular weight excluding hydrogens is 342 g/mol. The third-order valence-electron chi connectivity index (χ3n) is 4.88. The van der Waals surface area contributed by atoms with Gasteiger partial charge in [0.1, 0.15) is 5.69 Å². The molecule has 0 aliphatic carbocycles. The van der Waals surface area contributed by atoms with Crippen LogP contribution in [0.3, 0.4) is 0 Å². The number of anilines is 1. The molecule has 0 spiro atoms. The van der Waals surface area contributed by atoms with Gasteiger partial charge in [-0.3, -0.25) is 4.79 Å². The van der Waals surface area contributed by atoms with Gasteiger partial charge in [0.2, 0.25) is 0 Å². The van der Waals surface area contributed by atoms with Gasteiger partial charge < -0.3 is 19.9 Å². The van der Waals surface area contributed by atoms with Gasteiger partial charge in [-0.1, -0.05) is 11.6 Å². The molecule has 1 aromatic carbocycles. The molecule has 1 amide bonds. The van der Waals surface area contributed by atoms with Crippen LogP contribution < -0.4 is 10.2 Å². The van der Waals surface area contributed by atoms with Crippen LogP contribution in [0.2, 0.25) is 5.02 Å². The number of hydrogen-bond donors (Lipinski definition) is 3. The van der Waals surface area contributed by atoms with Crippen LogP contribution in [0.5, 0.6) is 0 Å². The quantitative estimate of drug-likeness (QED) is 0.726. The van der Waals surface area contributed by atoms with E-state index in [-0.39, 0.29) is 11.6 Å². The van der Waals surface area contributed by atoms with E-state index in [1.807, 2.05) is 0 Å². The van der Waals surface area contributed by atoms with Gasteiger partial charge in [0.25, 0.3) is 5.91 Å². The number of amides is 1. The van der Waals surface area contributed by atoms with Crippen molar-refractivity contribution in [3.63, 3.8) is 0 Å². The first kappa shape index (κ1) is 17.8. The fraction of sp³-hybridized carbons (Fsp3) is 0.444. The van der Waals surface area contributed by atoms with Crippen LogP contribution in [0.15, 0.2) is 18.2 Å². The Hall–Kier alpha value is -2.05. The van der Waals surface area contributed by atoms with E-state index >= 15 is 0 Å². The van der Waals surface area contributed by atoms with Crippen molar-refractivity contribution in [3.8, 4) is 0 Å². The zero-order chi connectivity index (χ0) is 18.0. The van der Waals surface area contributed by atoms with Crippen LogP contribution in [0.1, 0.15) is 36.7 Å². The molecule has 2 atom stereocenters. The maximum Gasteiger partial charge on any atom is 0.356 e. The van der Waals surface area contributed by atoms with E-state index in [0.717, 1.165) is 24.9 Å². The summed E-state index contributed by atoms with van der Waals surface area (Å²) in [5, 5.41) is 4.13. The minimum absolute atomic E-state index is 0.116. The van der Waals surface area contributed by atoms with Gasteiger partial charge in [-0.25, -0.2) is 4.79 Å². The number of piperidine rings is 1. The highest BCUT2D eigenvalue weighted by molar-refractivity contribution is 6.31. The van der Waals surface area contributed by atoms with Crippen molar-refractivity contribution in [3.05, 3.63) is 28.9 Å². The van der Waals surface area contributed by atoms with Gasteiger partial charge in [0, 0.05) is 15.9 Å². The number of likely N-dealkylation sites (tertiary alicyclic amines) is 1. The first-order valence-corrected chi connectivity index (χ1v) is 8.91. The Kier molecular flexibility index (Phi) is 5.30. The number of carbonyl (C=O) groups excluding carboxylic acids is 2. The number of aromatic amines is 1. The topological polar surface area (TPSA) is 75.6 Å². The van der Waals surface area contributed by atoms with Crippen molar-refractivity contribution in [2.24, 2.45) is 0 Å². The Morgan fingerprint density at radius 3 is 2.92 bits per heavy atom. The molecular formula is C18H23ClN3O3+. The Bertz CT molecular complexity index is 802. The highest BCUT2D eigenvalue weighted by atomic mass is 35.5. The molecule has 2 unspecified atom stereocenters. The third kappa shape index (κ3) is 3.80. The van der Waals surface area contributed by atoms with Crippen LogP contribution in [-0.4, -0.2) is 43.1 Å². The summed E-state index contributed by atoms with van der Waals surface area (Å²) in [7, 11) is 1.31. The van der Waals surface area contributed by atoms with E-state index in [9.17, 15) is 9.59 Å². The van der Waals surface area contributed by atoms with Crippen molar-refractivity contribution >= 4 is 40.1 Å². The van der Waals surface area contributed by atoms with E-state index in [1.54, 1.807) is 18.2 Å². The van der Waals surface area contributed by atoms with Crippen molar-refractivity contribution in [2.45, 2.75) is 32.2 Å². The Morgan fingerprint density at radius 2 is 2.20 bits per heavy atom.